The number of Topliss-reactive ketones (excluding diaryl/α,β-unsaturated/α-hetero) is 2. The Labute approximate surface area is 147 Å². The van der Waals surface area contributed by atoms with Crippen LogP contribution in [0.15, 0.2) is 24.3 Å². The Hall–Kier alpha value is -1.99. The Morgan fingerprint density at radius 2 is 1.67 bits per heavy atom. The highest BCUT2D eigenvalue weighted by Gasteiger charge is 2.03. The highest BCUT2D eigenvalue weighted by atomic mass is 35.5. The second kappa shape index (κ2) is 17.4. The van der Waals surface area contributed by atoms with E-state index in [0.29, 0.717) is 5.57 Å². The van der Waals surface area contributed by atoms with Crippen LogP contribution in [0.1, 0.15) is 34.1 Å². The molecule has 0 saturated carbocycles. The van der Waals surface area contributed by atoms with E-state index in [1.165, 1.54) is 26.8 Å². The van der Waals surface area contributed by atoms with Crippen molar-refractivity contribution < 1.29 is 29.0 Å². The smallest absolute Gasteiger partial charge is 0.330 e. The fraction of sp³-hybridized carbons (Fsp3) is 0.500. The van der Waals surface area contributed by atoms with Gasteiger partial charge in [-0.3, -0.25) is 9.59 Å². The van der Waals surface area contributed by atoms with Crippen LogP contribution in [0.3, 0.4) is 0 Å². The normalized spacial score (nSPS) is 10.8. The number of allylic oxidation sites excluding steroid dienone is 1. The summed E-state index contributed by atoms with van der Waals surface area (Å²) in [5.41, 5.74) is 5.34. The standard InChI is InChI=1S/C7H11NO2.C6H9ClO3.C3H6O/c1-5(7(8)10)3-4-6(2)9;1-2-6(9)10-4-5(8)3-7;1-3(2)4/h3H,4H2,1-2H3,(H2,8,10);2,5,8H,1,3-4H2;1-2H3. The number of carbonyl (C=O) groups is 4. The van der Waals surface area contributed by atoms with E-state index in [1.54, 1.807) is 6.92 Å². The molecule has 0 radical (unpaired) electrons. The van der Waals surface area contributed by atoms with E-state index in [4.69, 9.17) is 22.4 Å². The molecule has 0 aliphatic heterocycles. The molecule has 0 aromatic heterocycles. The van der Waals surface area contributed by atoms with Crippen molar-refractivity contribution >= 4 is 35.0 Å². The average molecular weight is 364 g/mol. The number of hydrogen-bond acceptors (Lipinski definition) is 6. The molecular weight excluding hydrogens is 338 g/mol. The molecule has 3 N–H and O–H groups in total. The number of carbonyl (C=O) groups excluding carboxylic acids is 4. The van der Waals surface area contributed by atoms with Gasteiger partial charge in [-0.15, -0.1) is 11.6 Å². The molecule has 0 aromatic carbocycles. The summed E-state index contributed by atoms with van der Waals surface area (Å²) in [5.74, 6) is -0.768. The minimum atomic E-state index is -0.787. The minimum absolute atomic E-state index is 0.0283. The second-order valence-corrected chi connectivity index (χ2v) is 5.02. The van der Waals surface area contributed by atoms with E-state index >= 15 is 0 Å². The molecule has 138 valence electrons. The van der Waals surface area contributed by atoms with Crippen molar-refractivity contribution in [2.24, 2.45) is 5.73 Å². The number of rotatable bonds is 7. The Morgan fingerprint density at radius 3 is 1.96 bits per heavy atom. The van der Waals surface area contributed by atoms with Crippen LogP contribution < -0.4 is 5.73 Å². The molecule has 0 aromatic rings. The lowest BCUT2D eigenvalue weighted by atomic mass is 10.2. The molecule has 8 heteroatoms. The maximum Gasteiger partial charge on any atom is 0.330 e. The molecule has 0 aliphatic rings. The summed E-state index contributed by atoms with van der Waals surface area (Å²) in [5, 5.41) is 8.76. The van der Waals surface area contributed by atoms with Crippen LogP contribution in [-0.2, 0) is 23.9 Å². The number of amides is 1. The molecule has 0 aliphatic carbocycles. The number of hydrogen-bond donors (Lipinski definition) is 2. The maximum absolute atomic E-state index is 10.4. The van der Waals surface area contributed by atoms with Crippen LogP contribution in [0.2, 0.25) is 0 Å². The first-order valence-corrected chi connectivity index (χ1v) is 7.47. The maximum atomic E-state index is 10.4. The van der Waals surface area contributed by atoms with Crippen LogP contribution in [0, 0.1) is 0 Å². The summed E-state index contributed by atoms with van der Waals surface area (Å²) in [7, 11) is 0. The molecular formula is C16H26ClNO6. The molecule has 7 nitrogen and oxygen atoms in total. The number of halogens is 1. The van der Waals surface area contributed by atoms with E-state index in [2.05, 4.69) is 11.3 Å². The number of esters is 1. The van der Waals surface area contributed by atoms with Crippen LogP contribution in [-0.4, -0.2) is 47.1 Å². The summed E-state index contributed by atoms with van der Waals surface area (Å²) in [6, 6.07) is 0. The molecule has 1 amide bonds. The van der Waals surface area contributed by atoms with Gasteiger partial charge in [0, 0.05) is 18.1 Å². The first kappa shape index (κ1) is 26.9. The van der Waals surface area contributed by atoms with E-state index in [-0.39, 0.29) is 30.5 Å². The van der Waals surface area contributed by atoms with Gasteiger partial charge in [0.1, 0.15) is 24.3 Å². The molecule has 0 heterocycles. The van der Waals surface area contributed by atoms with Gasteiger partial charge in [-0.2, -0.15) is 0 Å². The summed E-state index contributed by atoms with van der Waals surface area (Å²) in [6.45, 7) is 9.21. The fourth-order valence-electron chi connectivity index (χ4n) is 0.679. The zero-order chi connectivity index (χ0) is 19.7. The van der Waals surface area contributed by atoms with Gasteiger partial charge < -0.3 is 20.4 Å². The molecule has 0 spiro atoms. The lowest BCUT2D eigenvalue weighted by Crippen LogP contribution is -2.18. The zero-order valence-electron chi connectivity index (χ0n) is 14.5. The van der Waals surface area contributed by atoms with Crippen molar-refractivity contribution in [3.05, 3.63) is 24.3 Å². The lowest BCUT2D eigenvalue weighted by Gasteiger charge is -2.04. The molecule has 24 heavy (non-hydrogen) atoms. The molecule has 0 rings (SSSR count). The first-order valence-electron chi connectivity index (χ1n) is 6.94. The number of ketones is 2. The number of ether oxygens (including phenoxy) is 1. The highest BCUT2D eigenvalue weighted by Crippen LogP contribution is 1.93. The lowest BCUT2D eigenvalue weighted by molar-refractivity contribution is -0.140. The molecule has 0 fully saturated rings. The molecule has 0 bridgehead atoms. The van der Waals surface area contributed by atoms with Gasteiger partial charge in [-0.25, -0.2) is 4.79 Å². The first-order chi connectivity index (χ1) is 11.0. The molecule has 1 atom stereocenters. The second-order valence-electron chi connectivity index (χ2n) is 4.71. The number of alkyl halides is 1. The Balaban J connectivity index is -0.000000301. The van der Waals surface area contributed by atoms with E-state index in [0.717, 1.165) is 6.08 Å². The number of aliphatic hydroxyl groups excluding tert-OH is 1. The van der Waals surface area contributed by atoms with Gasteiger partial charge in [0.15, 0.2) is 0 Å². The number of nitrogens with two attached hydrogens (primary N) is 1. The van der Waals surface area contributed by atoms with Crippen molar-refractivity contribution in [1.82, 2.24) is 0 Å². The third-order valence-corrected chi connectivity index (χ3v) is 2.20. The zero-order valence-corrected chi connectivity index (χ0v) is 15.3. The van der Waals surface area contributed by atoms with E-state index < -0.39 is 18.0 Å². The topological polar surface area (TPSA) is 124 Å². The largest absolute Gasteiger partial charge is 0.460 e. The van der Waals surface area contributed by atoms with Gasteiger partial charge in [-0.05, 0) is 27.7 Å². The van der Waals surface area contributed by atoms with Gasteiger partial charge >= 0.3 is 5.97 Å². The SMILES string of the molecule is C=CC(=O)OCC(O)CCl.CC(=O)CC=C(C)C(N)=O.CC(C)=O. The summed E-state index contributed by atoms with van der Waals surface area (Å²) >= 11 is 5.21. The number of primary amides is 1. The summed E-state index contributed by atoms with van der Waals surface area (Å²) < 4.78 is 4.45. The summed E-state index contributed by atoms with van der Waals surface area (Å²) in [4.78, 5) is 40.5. The summed E-state index contributed by atoms with van der Waals surface area (Å²) in [6.07, 6.45) is 2.06. The van der Waals surface area contributed by atoms with Crippen molar-refractivity contribution in [1.29, 1.82) is 0 Å². The van der Waals surface area contributed by atoms with Gasteiger partial charge in [0.2, 0.25) is 5.91 Å². The predicted molar refractivity (Wildman–Crippen MR) is 92.5 cm³/mol. The van der Waals surface area contributed by atoms with Gasteiger partial charge in [0.05, 0.1) is 5.88 Å². The van der Waals surface area contributed by atoms with Gasteiger partial charge in [0.25, 0.3) is 0 Å². The monoisotopic (exact) mass is 363 g/mol. The van der Waals surface area contributed by atoms with Crippen LogP contribution >= 0.6 is 11.6 Å². The van der Waals surface area contributed by atoms with Crippen LogP contribution in [0.5, 0.6) is 0 Å². The van der Waals surface area contributed by atoms with Crippen molar-refractivity contribution in [3.8, 4) is 0 Å². The molecule has 0 saturated heterocycles. The van der Waals surface area contributed by atoms with Crippen molar-refractivity contribution in [2.75, 3.05) is 12.5 Å². The molecule has 1 unspecified atom stereocenters. The van der Waals surface area contributed by atoms with Crippen LogP contribution in [0.25, 0.3) is 0 Å². The van der Waals surface area contributed by atoms with Crippen molar-refractivity contribution in [3.63, 3.8) is 0 Å². The minimum Gasteiger partial charge on any atom is -0.460 e. The van der Waals surface area contributed by atoms with Crippen molar-refractivity contribution in [2.45, 2.75) is 40.2 Å². The van der Waals surface area contributed by atoms with E-state index in [1.807, 2.05) is 0 Å². The Bertz CT molecular complexity index is 455. The fourth-order valence-corrected chi connectivity index (χ4v) is 0.768. The van der Waals surface area contributed by atoms with Gasteiger partial charge in [-0.1, -0.05) is 12.7 Å². The van der Waals surface area contributed by atoms with E-state index in [9.17, 15) is 19.2 Å². The third kappa shape index (κ3) is 28.2. The third-order valence-electron chi connectivity index (χ3n) is 1.85. The van der Waals surface area contributed by atoms with Crippen LogP contribution in [0.4, 0.5) is 0 Å². The highest BCUT2D eigenvalue weighted by molar-refractivity contribution is 6.18. The average Bonchev–Trinajstić information content (AvgIpc) is 2.49. The number of aliphatic hydroxyl groups is 1. The quantitative estimate of drug-likeness (QED) is 0.399. The Morgan fingerprint density at radius 1 is 1.21 bits per heavy atom. The predicted octanol–water partition coefficient (Wildman–Crippen LogP) is 1.31. The Kier molecular flexibility index (Phi) is 19.5.